The molecule has 0 aliphatic heterocycles. The second-order valence-corrected chi connectivity index (χ2v) is 3.10. The van der Waals surface area contributed by atoms with Crippen molar-refractivity contribution >= 4 is 23.8 Å². The Morgan fingerprint density at radius 1 is 1.33 bits per heavy atom. The first-order valence-electron chi connectivity index (χ1n) is 3.40. The van der Waals surface area contributed by atoms with E-state index >= 15 is 0 Å². The van der Waals surface area contributed by atoms with Gasteiger partial charge in [0.05, 0.1) is 5.88 Å². The van der Waals surface area contributed by atoms with Gasteiger partial charge in [0.25, 0.3) is 0 Å². The topological polar surface area (TPSA) is 78.1 Å². The van der Waals surface area contributed by atoms with E-state index in [0.29, 0.717) is 18.2 Å². The van der Waals surface area contributed by atoms with Crippen LogP contribution in [-0.4, -0.2) is 30.2 Å². The summed E-state index contributed by atoms with van der Waals surface area (Å²) in [6.45, 7) is 1.98. The molecular formula is C6H11N2O3S. The molecule has 0 fully saturated rings. The van der Waals surface area contributed by atoms with Gasteiger partial charge in [-0.1, -0.05) is 0 Å². The number of hydrogen-bond donors (Lipinski definition) is 2. The minimum atomic E-state index is -1.28. The molecule has 0 aromatic carbocycles. The monoisotopic (exact) mass is 191 g/mol. The molecule has 5 nitrogen and oxygen atoms in total. The fourth-order valence-corrected chi connectivity index (χ4v) is 1.09. The molecule has 0 aromatic rings. The highest BCUT2D eigenvalue weighted by molar-refractivity contribution is 7.99. The van der Waals surface area contributed by atoms with E-state index in [4.69, 9.17) is 0 Å². The quantitative estimate of drug-likeness (QED) is 0.472. The molecule has 0 unspecified atom stereocenters. The van der Waals surface area contributed by atoms with Crippen molar-refractivity contribution in [1.29, 1.82) is 0 Å². The molecule has 12 heavy (non-hydrogen) atoms. The number of amides is 2. The molecule has 0 saturated carbocycles. The van der Waals surface area contributed by atoms with E-state index in [0.717, 1.165) is 0 Å². The molecule has 0 atom stereocenters. The van der Waals surface area contributed by atoms with Crippen molar-refractivity contribution < 1.29 is 14.7 Å². The van der Waals surface area contributed by atoms with Crippen molar-refractivity contribution in [1.82, 2.24) is 10.6 Å². The van der Waals surface area contributed by atoms with Crippen LogP contribution in [-0.2, 0) is 9.90 Å². The summed E-state index contributed by atoms with van der Waals surface area (Å²) in [7, 11) is 0. The lowest BCUT2D eigenvalue weighted by molar-refractivity contribution is -0.118. The van der Waals surface area contributed by atoms with Gasteiger partial charge in [-0.05, 0) is 0 Å². The van der Waals surface area contributed by atoms with Crippen molar-refractivity contribution in [3.8, 4) is 0 Å². The van der Waals surface area contributed by atoms with Crippen LogP contribution >= 0.6 is 11.8 Å². The predicted octanol–water partition coefficient (Wildman–Crippen LogP) is -0.0467. The number of hydrogen-bond acceptors (Lipinski definition) is 3. The number of nitrogens with one attached hydrogen (secondary N) is 2. The van der Waals surface area contributed by atoms with Crippen LogP contribution in [0.1, 0.15) is 6.92 Å². The zero-order chi connectivity index (χ0) is 9.40. The van der Waals surface area contributed by atoms with E-state index in [1.807, 2.05) is 0 Å². The molecule has 2 amide bonds. The van der Waals surface area contributed by atoms with Gasteiger partial charge in [0, 0.05) is 19.2 Å². The summed E-state index contributed by atoms with van der Waals surface area (Å²) >= 11 is 1.38. The normalized spacial score (nSPS) is 9.08. The first-order valence-corrected chi connectivity index (χ1v) is 4.55. The molecule has 0 aliphatic rings. The van der Waals surface area contributed by atoms with Crippen LogP contribution in [0.4, 0.5) is 4.79 Å². The maximum atomic E-state index is 10.3. The molecule has 0 rings (SSSR count). The van der Waals surface area contributed by atoms with E-state index in [-0.39, 0.29) is 5.91 Å². The van der Waals surface area contributed by atoms with Crippen LogP contribution in [0.15, 0.2) is 0 Å². The van der Waals surface area contributed by atoms with Gasteiger partial charge >= 0.3 is 6.09 Å². The van der Waals surface area contributed by atoms with Crippen molar-refractivity contribution in [2.24, 2.45) is 0 Å². The number of carbonyl (C=O) groups excluding carboxylic acids is 2. The summed E-state index contributed by atoms with van der Waals surface area (Å²) in [5.41, 5.74) is 0. The van der Waals surface area contributed by atoms with Gasteiger partial charge in [0.15, 0.2) is 0 Å². The Hall–Kier alpha value is -0.910. The third kappa shape index (κ3) is 9.09. The second kappa shape index (κ2) is 6.78. The van der Waals surface area contributed by atoms with E-state index in [2.05, 4.69) is 10.6 Å². The third-order valence-corrected chi connectivity index (χ3v) is 1.78. The predicted molar refractivity (Wildman–Crippen MR) is 45.2 cm³/mol. The number of rotatable bonds is 5. The van der Waals surface area contributed by atoms with E-state index < -0.39 is 6.09 Å². The lowest BCUT2D eigenvalue weighted by Crippen LogP contribution is -2.24. The van der Waals surface area contributed by atoms with Gasteiger partial charge < -0.3 is 10.6 Å². The Labute approximate surface area is 74.9 Å². The molecule has 0 spiro atoms. The Bertz CT molecular complexity index is 145. The molecule has 0 aliphatic carbocycles. The third-order valence-electron chi connectivity index (χ3n) is 0.939. The average molecular weight is 191 g/mol. The van der Waals surface area contributed by atoms with Gasteiger partial charge in [-0.25, -0.2) is 9.90 Å². The van der Waals surface area contributed by atoms with Crippen molar-refractivity contribution in [2.75, 3.05) is 18.2 Å². The zero-order valence-electron chi connectivity index (χ0n) is 6.75. The number of thioether (sulfide) groups is 1. The first kappa shape index (κ1) is 11.1. The Morgan fingerprint density at radius 2 is 2.00 bits per heavy atom. The van der Waals surface area contributed by atoms with Gasteiger partial charge in [0.2, 0.25) is 5.91 Å². The lowest BCUT2D eigenvalue weighted by atomic mass is 10.6. The summed E-state index contributed by atoms with van der Waals surface area (Å²) in [6, 6.07) is 0. The highest BCUT2D eigenvalue weighted by atomic mass is 32.2. The van der Waals surface area contributed by atoms with Gasteiger partial charge in [-0.2, -0.15) is 0 Å². The molecule has 1 radical (unpaired) electrons. The fraction of sp³-hybridized carbons (Fsp3) is 0.667. The smallest absolute Gasteiger partial charge is 0.356 e. The average Bonchev–Trinajstić information content (AvgIpc) is 1.95. The van der Waals surface area contributed by atoms with Gasteiger partial charge in [-0.3, -0.25) is 4.79 Å². The molecule has 0 aromatic heterocycles. The van der Waals surface area contributed by atoms with E-state index in [1.165, 1.54) is 18.7 Å². The minimum absolute atomic E-state index is 0.0801. The van der Waals surface area contributed by atoms with E-state index in [1.54, 1.807) is 0 Å². The standard InChI is InChI=1S/C6H11N2O3S/c1-5(9)7-2-3-12-4-8-6(10)11/h8H,2-4H2,1H3,(H,7,9). The summed E-state index contributed by atoms with van der Waals surface area (Å²) in [5.74, 6) is 0.894. The number of carbonyl (C=O) groups is 2. The summed E-state index contributed by atoms with van der Waals surface area (Å²) < 4.78 is 0. The first-order chi connectivity index (χ1) is 5.63. The van der Waals surface area contributed by atoms with Crippen LogP contribution in [0.2, 0.25) is 0 Å². The summed E-state index contributed by atoms with van der Waals surface area (Å²) in [4.78, 5) is 20.2. The molecular weight excluding hydrogens is 180 g/mol. The Morgan fingerprint density at radius 3 is 2.50 bits per heavy atom. The Balaban J connectivity index is 3.01. The highest BCUT2D eigenvalue weighted by Gasteiger charge is 1.95. The zero-order valence-corrected chi connectivity index (χ0v) is 7.57. The SMILES string of the molecule is CC(=O)NCCSCNC([O])=O. The maximum Gasteiger partial charge on any atom is 0.451 e. The molecule has 6 heteroatoms. The molecule has 69 valence electrons. The fourth-order valence-electron chi connectivity index (χ4n) is 0.481. The maximum absolute atomic E-state index is 10.3. The second-order valence-electron chi connectivity index (χ2n) is 2.00. The lowest BCUT2D eigenvalue weighted by Gasteiger charge is -2.01. The Kier molecular flexibility index (Phi) is 6.26. The van der Waals surface area contributed by atoms with Crippen LogP contribution in [0.25, 0.3) is 0 Å². The van der Waals surface area contributed by atoms with Gasteiger partial charge in [-0.15, -0.1) is 11.8 Å². The highest BCUT2D eigenvalue weighted by Crippen LogP contribution is 1.93. The molecule has 0 heterocycles. The molecule has 0 bridgehead atoms. The van der Waals surface area contributed by atoms with Crippen molar-refractivity contribution in [3.63, 3.8) is 0 Å². The van der Waals surface area contributed by atoms with Gasteiger partial charge in [0.1, 0.15) is 0 Å². The van der Waals surface area contributed by atoms with Crippen LogP contribution < -0.4 is 10.6 Å². The summed E-state index contributed by atoms with van der Waals surface area (Å²) in [6.07, 6.45) is -1.28. The van der Waals surface area contributed by atoms with Crippen LogP contribution in [0.5, 0.6) is 0 Å². The molecule has 2 N–H and O–H groups in total. The van der Waals surface area contributed by atoms with Crippen LogP contribution in [0, 0.1) is 0 Å². The minimum Gasteiger partial charge on any atom is -0.356 e. The van der Waals surface area contributed by atoms with Crippen LogP contribution in [0.3, 0.4) is 0 Å². The summed E-state index contributed by atoms with van der Waals surface area (Å²) in [5, 5.41) is 14.5. The van der Waals surface area contributed by atoms with Crippen molar-refractivity contribution in [2.45, 2.75) is 6.92 Å². The molecule has 0 saturated heterocycles. The van der Waals surface area contributed by atoms with E-state index in [9.17, 15) is 14.7 Å². The van der Waals surface area contributed by atoms with Crippen molar-refractivity contribution in [3.05, 3.63) is 0 Å². The largest absolute Gasteiger partial charge is 0.451 e.